The first-order valence-corrected chi connectivity index (χ1v) is 8.61. The second-order valence-electron chi connectivity index (χ2n) is 5.61. The molecule has 0 aromatic heterocycles. The van der Waals surface area contributed by atoms with Gasteiger partial charge in [0.25, 0.3) is 0 Å². The third-order valence-electron chi connectivity index (χ3n) is 4.34. The molecule has 1 saturated heterocycles. The Bertz CT molecular complexity index is 267. The largest absolute Gasteiger partial charge is 0.352 e. The van der Waals surface area contributed by atoms with Crippen molar-refractivity contribution in [1.82, 2.24) is 10.6 Å². The average Bonchev–Trinajstić information content (AvgIpc) is 2.85. The van der Waals surface area contributed by atoms with Crippen LogP contribution in [0.4, 0.5) is 0 Å². The Morgan fingerprint density at radius 3 is 2.78 bits per heavy atom. The minimum absolute atomic E-state index is 0.277. The molecule has 2 aliphatic rings. The lowest BCUT2D eigenvalue weighted by atomic mass is 9.93. The Morgan fingerprint density at radius 2 is 2.06 bits per heavy atom. The van der Waals surface area contributed by atoms with E-state index in [9.17, 15) is 4.79 Å². The lowest BCUT2D eigenvalue weighted by Gasteiger charge is -2.23. The van der Waals surface area contributed by atoms with Crippen LogP contribution in [0.25, 0.3) is 0 Å². The number of amides is 1. The van der Waals surface area contributed by atoms with Crippen molar-refractivity contribution in [2.24, 2.45) is 5.92 Å². The van der Waals surface area contributed by atoms with Gasteiger partial charge in [0.05, 0.1) is 0 Å². The normalized spacial score (nSPS) is 29.4. The molecule has 1 saturated carbocycles. The Hall–Kier alpha value is -0.220. The van der Waals surface area contributed by atoms with Gasteiger partial charge in [-0.15, -0.1) is 0 Å². The van der Waals surface area contributed by atoms with Gasteiger partial charge < -0.3 is 10.6 Å². The van der Waals surface area contributed by atoms with Crippen molar-refractivity contribution in [3.8, 4) is 0 Å². The van der Waals surface area contributed by atoms with Crippen LogP contribution in [0.5, 0.6) is 0 Å². The molecule has 18 heavy (non-hydrogen) atoms. The van der Waals surface area contributed by atoms with Crippen LogP contribution in [0.3, 0.4) is 0 Å². The highest BCUT2D eigenvalue weighted by molar-refractivity contribution is 7.99. The molecule has 2 fully saturated rings. The second kappa shape index (κ2) is 7.39. The monoisotopic (exact) mass is 270 g/mol. The van der Waals surface area contributed by atoms with E-state index in [1.165, 1.54) is 32.1 Å². The van der Waals surface area contributed by atoms with Crippen LogP contribution >= 0.6 is 11.8 Å². The highest BCUT2D eigenvalue weighted by atomic mass is 32.2. The van der Waals surface area contributed by atoms with Gasteiger partial charge in [0.1, 0.15) is 0 Å². The Kier molecular flexibility index (Phi) is 5.83. The molecular formula is C14H26N2OS. The molecule has 2 atom stereocenters. The van der Waals surface area contributed by atoms with Crippen LogP contribution in [0.15, 0.2) is 0 Å². The smallest absolute Gasteiger partial charge is 0.220 e. The zero-order valence-corrected chi connectivity index (χ0v) is 12.2. The highest BCUT2D eigenvalue weighted by Crippen LogP contribution is 2.28. The molecule has 0 aromatic rings. The van der Waals surface area contributed by atoms with E-state index in [0.29, 0.717) is 11.3 Å². The van der Waals surface area contributed by atoms with E-state index < -0.39 is 0 Å². The molecule has 1 heterocycles. The number of piperidine rings is 1. The quantitative estimate of drug-likeness (QED) is 0.804. The van der Waals surface area contributed by atoms with Crippen molar-refractivity contribution in [2.45, 2.75) is 56.2 Å². The van der Waals surface area contributed by atoms with Gasteiger partial charge in [-0.1, -0.05) is 6.42 Å². The van der Waals surface area contributed by atoms with Crippen molar-refractivity contribution in [3.63, 3.8) is 0 Å². The zero-order valence-electron chi connectivity index (χ0n) is 11.4. The lowest BCUT2D eigenvalue weighted by Crippen LogP contribution is -2.39. The topological polar surface area (TPSA) is 41.1 Å². The lowest BCUT2D eigenvalue weighted by molar-refractivity contribution is -0.122. The minimum atomic E-state index is 0.277. The summed E-state index contributed by atoms with van der Waals surface area (Å²) in [5.41, 5.74) is 0. The van der Waals surface area contributed by atoms with E-state index in [1.54, 1.807) is 0 Å². The van der Waals surface area contributed by atoms with E-state index in [1.807, 2.05) is 11.8 Å². The standard InChI is InChI=1S/C14H26N2OS/c1-18-13-4-2-3-12(13)16-14(17)6-5-11-7-9-15-10-8-11/h11-13,15H,2-10H2,1H3,(H,16,17). The summed E-state index contributed by atoms with van der Waals surface area (Å²) in [4.78, 5) is 12.0. The third-order valence-corrected chi connectivity index (χ3v) is 5.51. The molecule has 2 rings (SSSR count). The zero-order chi connectivity index (χ0) is 12.8. The van der Waals surface area contributed by atoms with E-state index >= 15 is 0 Å². The Balaban J connectivity index is 1.65. The molecule has 2 N–H and O–H groups in total. The van der Waals surface area contributed by atoms with Gasteiger partial charge in [-0.05, 0) is 57.4 Å². The number of hydrogen-bond acceptors (Lipinski definition) is 3. The molecule has 2 unspecified atom stereocenters. The number of carbonyl (C=O) groups is 1. The molecule has 3 nitrogen and oxygen atoms in total. The van der Waals surface area contributed by atoms with Gasteiger partial charge >= 0.3 is 0 Å². The average molecular weight is 270 g/mol. The van der Waals surface area contributed by atoms with E-state index in [2.05, 4.69) is 16.9 Å². The fourth-order valence-electron chi connectivity index (χ4n) is 3.16. The summed E-state index contributed by atoms with van der Waals surface area (Å²) in [5, 5.41) is 7.26. The van der Waals surface area contributed by atoms with Gasteiger partial charge in [0, 0.05) is 17.7 Å². The summed E-state index contributed by atoms with van der Waals surface area (Å²) in [7, 11) is 0. The van der Waals surface area contributed by atoms with Gasteiger partial charge in [0.2, 0.25) is 5.91 Å². The molecule has 0 radical (unpaired) electrons. The Labute approximate surface area is 115 Å². The summed E-state index contributed by atoms with van der Waals surface area (Å²) in [5.74, 6) is 1.04. The highest BCUT2D eigenvalue weighted by Gasteiger charge is 2.27. The van der Waals surface area contributed by atoms with Crippen molar-refractivity contribution in [2.75, 3.05) is 19.3 Å². The number of nitrogens with one attached hydrogen (secondary N) is 2. The number of rotatable bonds is 5. The summed E-state index contributed by atoms with van der Waals surface area (Å²) >= 11 is 1.91. The molecular weight excluding hydrogens is 244 g/mol. The van der Waals surface area contributed by atoms with Crippen LogP contribution in [0.1, 0.15) is 44.9 Å². The maximum atomic E-state index is 12.0. The maximum absolute atomic E-state index is 12.0. The van der Waals surface area contributed by atoms with Crippen LogP contribution in [-0.4, -0.2) is 36.5 Å². The molecule has 1 aliphatic heterocycles. The number of hydrogen-bond donors (Lipinski definition) is 2. The van der Waals surface area contributed by atoms with Gasteiger partial charge in [-0.2, -0.15) is 11.8 Å². The van der Waals surface area contributed by atoms with E-state index in [0.717, 1.165) is 31.8 Å². The predicted molar refractivity (Wildman–Crippen MR) is 77.9 cm³/mol. The van der Waals surface area contributed by atoms with Gasteiger partial charge in [-0.3, -0.25) is 4.79 Å². The molecule has 4 heteroatoms. The van der Waals surface area contributed by atoms with Crippen molar-refractivity contribution < 1.29 is 4.79 Å². The number of thioether (sulfide) groups is 1. The molecule has 0 aromatic carbocycles. The minimum Gasteiger partial charge on any atom is -0.352 e. The van der Waals surface area contributed by atoms with Crippen molar-refractivity contribution in [1.29, 1.82) is 0 Å². The molecule has 1 amide bonds. The predicted octanol–water partition coefficient (Wildman–Crippen LogP) is 2.17. The van der Waals surface area contributed by atoms with Crippen LogP contribution in [0.2, 0.25) is 0 Å². The molecule has 0 spiro atoms. The SMILES string of the molecule is CSC1CCCC1NC(=O)CCC1CCNCC1. The van der Waals surface area contributed by atoms with Crippen LogP contribution in [-0.2, 0) is 4.79 Å². The fourth-order valence-corrected chi connectivity index (χ4v) is 4.09. The van der Waals surface area contributed by atoms with Gasteiger partial charge in [0.15, 0.2) is 0 Å². The third kappa shape index (κ3) is 4.16. The molecule has 1 aliphatic carbocycles. The maximum Gasteiger partial charge on any atom is 0.220 e. The first kappa shape index (κ1) is 14.2. The van der Waals surface area contributed by atoms with E-state index in [4.69, 9.17) is 0 Å². The second-order valence-corrected chi connectivity index (χ2v) is 6.69. The summed E-state index contributed by atoms with van der Waals surface area (Å²) in [6, 6.07) is 0.431. The Morgan fingerprint density at radius 1 is 1.28 bits per heavy atom. The van der Waals surface area contributed by atoms with E-state index in [-0.39, 0.29) is 5.91 Å². The van der Waals surface area contributed by atoms with Gasteiger partial charge in [-0.25, -0.2) is 0 Å². The first-order valence-electron chi connectivity index (χ1n) is 7.32. The fraction of sp³-hybridized carbons (Fsp3) is 0.929. The summed E-state index contributed by atoms with van der Waals surface area (Å²) < 4.78 is 0. The summed E-state index contributed by atoms with van der Waals surface area (Å²) in [6.07, 6.45) is 10.1. The first-order chi connectivity index (χ1) is 8.79. The van der Waals surface area contributed by atoms with Crippen molar-refractivity contribution in [3.05, 3.63) is 0 Å². The number of carbonyl (C=O) groups excluding carboxylic acids is 1. The molecule has 104 valence electrons. The van der Waals surface area contributed by atoms with Crippen LogP contribution < -0.4 is 10.6 Å². The summed E-state index contributed by atoms with van der Waals surface area (Å²) in [6.45, 7) is 2.26. The molecule has 0 bridgehead atoms. The van der Waals surface area contributed by atoms with Crippen molar-refractivity contribution >= 4 is 17.7 Å². The van der Waals surface area contributed by atoms with Crippen LogP contribution in [0, 0.1) is 5.92 Å².